The molecule has 2 aromatic heterocycles. The Morgan fingerprint density at radius 1 is 1.00 bits per heavy atom. The third kappa shape index (κ3) is 4.63. The van der Waals surface area contributed by atoms with Crippen molar-refractivity contribution >= 4 is 21.4 Å². The molecule has 0 amide bonds. The highest BCUT2D eigenvalue weighted by molar-refractivity contribution is 7.89. The molecule has 1 aromatic carbocycles. The highest BCUT2D eigenvalue weighted by atomic mass is 32.2. The predicted octanol–water partition coefficient (Wildman–Crippen LogP) is 3.01. The van der Waals surface area contributed by atoms with Crippen LogP contribution in [0.1, 0.15) is 11.5 Å². The first-order valence-electron chi connectivity index (χ1n) is 9.61. The fraction of sp³-hybridized carbons (Fsp3) is 0.300. The Kier molecular flexibility index (Phi) is 6.07. The number of rotatable bonds is 8. The molecule has 1 saturated heterocycles. The minimum Gasteiger partial charge on any atom is -0.467 e. The van der Waals surface area contributed by atoms with Crippen LogP contribution in [0.15, 0.2) is 68.7 Å². The van der Waals surface area contributed by atoms with E-state index in [1.54, 1.807) is 29.2 Å². The molecule has 3 aromatic rings. The topological polar surface area (TPSA) is 119 Å². The monoisotopic (exact) mass is 447 g/mol. The lowest BCUT2D eigenvalue weighted by molar-refractivity contribution is -0.384. The van der Waals surface area contributed by atoms with Crippen molar-refractivity contribution in [2.45, 2.75) is 18.0 Å². The van der Waals surface area contributed by atoms with Gasteiger partial charge in [0.25, 0.3) is 5.69 Å². The third-order valence-corrected chi connectivity index (χ3v) is 6.84. The van der Waals surface area contributed by atoms with Gasteiger partial charge in [0.05, 0.1) is 48.6 Å². The summed E-state index contributed by atoms with van der Waals surface area (Å²) in [6.07, 6.45) is 3.04. The van der Waals surface area contributed by atoms with Gasteiger partial charge < -0.3 is 18.5 Å². The fourth-order valence-electron chi connectivity index (χ4n) is 3.42. The average molecular weight is 447 g/mol. The molecule has 10 nitrogen and oxygen atoms in total. The molecule has 0 N–H and O–H groups in total. The van der Waals surface area contributed by atoms with Gasteiger partial charge in [-0.25, -0.2) is 8.42 Å². The Hall–Kier alpha value is -3.15. The molecule has 0 bridgehead atoms. The number of furan rings is 2. The standard InChI is InChI=1S/C20H21N3O7S/c24-23(25)20-13-18(31(26,27)22-7-11-28-12-8-22)5-6-19(20)21(14-16-3-1-9-29-16)15-17-4-2-10-30-17/h1-6,9-10,13H,7-8,11-12,14-15H2. The first-order chi connectivity index (χ1) is 14.9. The van der Waals surface area contributed by atoms with Gasteiger partial charge in [0.1, 0.15) is 17.2 Å². The van der Waals surface area contributed by atoms with Crippen molar-refractivity contribution in [3.8, 4) is 0 Å². The zero-order valence-corrected chi connectivity index (χ0v) is 17.4. The SMILES string of the molecule is O=[N+]([O-])c1cc(S(=O)(=O)N2CCOCC2)ccc1N(Cc1ccco1)Cc1ccco1. The van der Waals surface area contributed by atoms with Crippen molar-refractivity contribution in [3.05, 3.63) is 76.6 Å². The lowest BCUT2D eigenvalue weighted by atomic mass is 10.2. The first-order valence-corrected chi connectivity index (χ1v) is 11.1. The van der Waals surface area contributed by atoms with Crippen molar-refractivity contribution in [2.24, 2.45) is 0 Å². The third-order valence-electron chi connectivity index (χ3n) is 4.95. The molecule has 1 fully saturated rings. The number of benzene rings is 1. The zero-order chi connectivity index (χ0) is 21.8. The summed E-state index contributed by atoms with van der Waals surface area (Å²) in [5.74, 6) is 1.21. The van der Waals surface area contributed by atoms with E-state index in [2.05, 4.69) is 0 Å². The van der Waals surface area contributed by atoms with E-state index in [0.717, 1.165) is 6.07 Å². The Labute approximate surface area is 178 Å². The molecule has 31 heavy (non-hydrogen) atoms. The molecule has 0 atom stereocenters. The predicted molar refractivity (Wildman–Crippen MR) is 110 cm³/mol. The van der Waals surface area contributed by atoms with Gasteiger partial charge in [0.2, 0.25) is 10.0 Å². The Morgan fingerprint density at radius 2 is 1.61 bits per heavy atom. The van der Waals surface area contributed by atoms with Gasteiger partial charge >= 0.3 is 0 Å². The van der Waals surface area contributed by atoms with Crippen LogP contribution in [0.3, 0.4) is 0 Å². The van der Waals surface area contributed by atoms with Crippen LogP contribution in [0.5, 0.6) is 0 Å². The molecule has 11 heteroatoms. The van der Waals surface area contributed by atoms with Gasteiger partial charge in [0.15, 0.2) is 0 Å². The number of hydrogen-bond donors (Lipinski definition) is 0. The van der Waals surface area contributed by atoms with Crippen LogP contribution in [0, 0.1) is 10.1 Å². The van der Waals surface area contributed by atoms with Gasteiger partial charge in [-0.2, -0.15) is 4.31 Å². The average Bonchev–Trinajstić information content (AvgIpc) is 3.48. The van der Waals surface area contributed by atoms with E-state index in [-0.39, 0.29) is 42.4 Å². The largest absolute Gasteiger partial charge is 0.467 e. The van der Waals surface area contributed by atoms with E-state index < -0.39 is 14.9 Å². The number of hydrogen-bond acceptors (Lipinski definition) is 8. The molecule has 4 rings (SSSR count). The number of morpholine rings is 1. The number of nitro benzene ring substituents is 1. The van der Waals surface area contributed by atoms with Crippen molar-refractivity contribution in [1.29, 1.82) is 0 Å². The minimum atomic E-state index is -3.87. The van der Waals surface area contributed by atoms with Crippen molar-refractivity contribution < 1.29 is 26.9 Å². The summed E-state index contributed by atoms with van der Waals surface area (Å²) < 4.78 is 43.2. The van der Waals surface area contributed by atoms with E-state index in [1.165, 1.54) is 29.0 Å². The molecular formula is C20H21N3O7S. The van der Waals surface area contributed by atoms with Gasteiger partial charge in [-0.3, -0.25) is 10.1 Å². The van der Waals surface area contributed by atoms with E-state index in [1.807, 2.05) is 0 Å². The van der Waals surface area contributed by atoms with Crippen LogP contribution >= 0.6 is 0 Å². The van der Waals surface area contributed by atoms with Gasteiger partial charge in [-0.1, -0.05) is 0 Å². The molecule has 0 saturated carbocycles. The molecule has 0 unspecified atom stereocenters. The first kappa shape index (κ1) is 21.1. The molecular weight excluding hydrogens is 426 g/mol. The number of sulfonamides is 1. The number of ether oxygens (including phenoxy) is 1. The van der Waals surface area contributed by atoms with E-state index in [9.17, 15) is 18.5 Å². The fourth-order valence-corrected chi connectivity index (χ4v) is 4.85. The van der Waals surface area contributed by atoms with Crippen LogP contribution in [-0.2, 0) is 27.8 Å². The summed E-state index contributed by atoms with van der Waals surface area (Å²) in [5.41, 5.74) is -0.0498. The summed E-state index contributed by atoms with van der Waals surface area (Å²) >= 11 is 0. The highest BCUT2D eigenvalue weighted by Gasteiger charge is 2.30. The van der Waals surface area contributed by atoms with E-state index in [0.29, 0.717) is 24.7 Å². The molecule has 0 radical (unpaired) electrons. The number of anilines is 1. The van der Waals surface area contributed by atoms with Gasteiger partial charge in [-0.15, -0.1) is 0 Å². The lowest BCUT2D eigenvalue weighted by Crippen LogP contribution is -2.40. The van der Waals surface area contributed by atoms with Crippen molar-refractivity contribution in [2.75, 3.05) is 31.2 Å². The molecule has 3 heterocycles. The zero-order valence-electron chi connectivity index (χ0n) is 16.5. The second-order valence-corrected chi connectivity index (χ2v) is 8.88. The molecule has 0 spiro atoms. The summed E-state index contributed by atoms with van der Waals surface area (Å²) in [6, 6.07) is 10.9. The molecule has 0 aliphatic carbocycles. The minimum absolute atomic E-state index is 0.124. The van der Waals surface area contributed by atoms with Crippen LogP contribution in [-0.4, -0.2) is 43.9 Å². The summed E-state index contributed by atoms with van der Waals surface area (Å²) in [5, 5.41) is 11.9. The van der Waals surface area contributed by atoms with Crippen LogP contribution in [0.25, 0.3) is 0 Å². The summed E-state index contributed by atoms with van der Waals surface area (Å²) in [6.45, 7) is 1.48. The van der Waals surface area contributed by atoms with Gasteiger partial charge in [0, 0.05) is 19.2 Å². The quantitative estimate of drug-likeness (QED) is 0.382. The van der Waals surface area contributed by atoms with Crippen molar-refractivity contribution in [3.63, 3.8) is 0 Å². The number of nitro groups is 1. The van der Waals surface area contributed by atoms with Crippen LogP contribution in [0.4, 0.5) is 11.4 Å². The smallest absolute Gasteiger partial charge is 0.293 e. The molecule has 1 aliphatic heterocycles. The second kappa shape index (κ2) is 8.92. The van der Waals surface area contributed by atoms with Crippen LogP contribution < -0.4 is 4.90 Å². The highest BCUT2D eigenvalue weighted by Crippen LogP contribution is 2.34. The van der Waals surface area contributed by atoms with Crippen LogP contribution in [0.2, 0.25) is 0 Å². The van der Waals surface area contributed by atoms with E-state index in [4.69, 9.17) is 13.6 Å². The maximum Gasteiger partial charge on any atom is 0.293 e. The molecule has 1 aliphatic rings. The number of nitrogens with zero attached hydrogens (tertiary/aromatic N) is 3. The second-order valence-electron chi connectivity index (χ2n) is 6.94. The Bertz CT molecular complexity index is 1090. The Balaban J connectivity index is 1.71. The maximum absolute atomic E-state index is 13.0. The molecule has 164 valence electrons. The summed E-state index contributed by atoms with van der Waals surface area (Å²) in [4.78, 5) is 12.9. The van der Waals surface area contributed by atoms with Crippen molar-refractivity contribution in [1.82, 2.24) is 4.31 Å². The Morgan fingerprint density at radius 3 is 2.13 bits per heavy atom. The summed E-state index contributed by atoms with van der Waals surface area (Å²) in [7, 11) is -3.87. The lowest BCUT2D eigenvalue weighted by Gasteiger charge is -2.26. The van der Waals surface area contributed by atoms with E-state index >= 15 is 0 Å². The maximum atomic E-state index is 13.0. The van der Waals surface area contributed by atoms with Gasteiger partial charge in [-0.05, 0) is 36.4 Å². The normalized spacial score (nSPS) is 15.1.